The van der Waals surface area contributed by atoms with Crippen LogP contribution in [0.3, 0.4) is 0 Å². The Labute approximate surface area is 144 Å². The molecule has 130 valence electrons. The summed E-state index contributed by atoms with van der Waals surface area (Å²) in [5.74, 6) is 3.81. The van der Waals surface area contributed by atoms with E-state index in [4.69, 9.17) is 4.74 Å². The molecule has 0 aromatic carbocycles. The van der Waals surface area contributed by atoms with Gasteiger partial charge in [0.25, 0.3) is 0 Å². The molecule has 2 saturated carbocycles. The lowest BCUT2D eigenvalue weighted by Crippen LogP contribution is -2.67. The lowest BCUT2D eigenvalue weighted by atomic mass is 9.48. The Morgan fingerprint density at radius 1 is 1.42 bits per heavy atom. The Morgan fingerprint density at radius 3 is 3.08 bits per heavy atom. The average molecular weight is 328 g/mol. The summed E-state index contributed by atoms with van der Waals surface area (Å²) in [6.45, 7) is 3.33. The van der Waals surface area contributed by atoms with E-state index in [0.717, 1.165) is 24.6 Å². The van der Waals surface area contributed by atoms with Crippen LogP contribution in [0.5, 0.6) is 0 Å². The van der Waals surface area contributed by atoms with Gasteiger partial charge in [-0.15, -0.1) is 0 Å². The zero-order valence-electron chi connectivity index (χ0n) is 14.5. The van der Waals surface area contributed by atoms with Crippen LogP contribution in [0.2, 0.25) is 0 Å². The van der Waals surface area contributed by atoms with Gasteiger partial charge < -0.3 is 10.1 Å². The number of hydrogen-bond donors (Lipinski definition) is 1. The van der Waals surface area contributed by atoms with Crippen LogP contribution in [-0.4, -0.2) is 43.6 Å². The minimum atomic E-state index is 0.143. The van der Waals surface area contributed by atoms with Gasteiger partial charge in [-0.25, -0.2) is 0 Å². The predicted octanol–water partition coefficient (Wildman–Crippen LogP) is 2.33. The zero-order valence-corrected chi connectivity index (χ0v) is 14.5. The monoisotopic (exact) mass is 328 g/mol. The molecule has 2 saturated heterocycles. The van der Waals surface area contributed by atoms with E-state index in [1.165, 1.54) is 32.4 Å². The van der Waals surface area contributed by atoms with Crippen LogP contribution < -0.4 is 5.32 Å². The summed E-state index contributed by atoms with van der Waals surface area (Å²) in [5.41, 5.74) is 0.143. The first-order valence-electron chi connectivity index (χ1n) is 9.64. The van der Waals surface area contributed by atoms with Gasteiger partial charge in [-0.1, -0.05) is 6.08 Å². The second kappa shape index (κ2) is 5.35. The van der Waals surface area contributed by atoms with Crippen molar-refractivity contribution in [2.75, 3.05) is 26.7 Å². The maximum Gasteiger partial charge on any atom is 0.220 e. The number of nitrogens with one attached hydrogen (secondary N) is 1. The van der Waals surface area contributed by atoms with E-state index in [1.54, 1.807) is 7.11 Å². The van der Waals surface area contributed by atoms with Gasteiger partial charge in [-0.05, 0) is 73.5 Å². The second-order valence-electron chi connectivity index (χ2n) is 8.63. The van der Waals surface area contributed by atoms with Crippen molar-refractivity contribution in [2.24, 2.45) is 29.1 Å². The molecule has 1 amide bonds. The number of likely N-dealkylation sites (tertiary alicyclic amines) is 1. The van der Waals surface area contributed by atoms with Gasteiger partial charge in [0, 0.05) is 25.6 Å². The molecule has 0 aromatic rings. The predicted molar refractivity (Wildman–Crippen MR) is 92.1 cm³/mol. The first kappa shape index (κ1) is 15.0. The summed E-state index contributed by atoms with van der Waals surface area (Å²) in [5, 5.41) is 3.18. The van der Waals surface area contributed by atoms with Crippen molar-refractivity contribution in [3.8, 4) is 0 Å². The van der Waals surface area contributed by atoms with Crippen LogP contribution in [0.4, 0.5) is 0 Å². The molecule has 2 bridgehead atoms. The lowest BCUT2D eigenvalue weighted by molar-refractivity contribution is -0.148. The van der Waals surface area contributed by atoms with Crippen molar-refractivity contribution in [3.63, 3.8) is 0 Å². The lowest BCUT2D eigenvalue weighted by Gasteiger charge is -2.63. The number of piperidine rings is 2. The van der Waals surface area contributed by atoms with Gasteiger partial charge in [0.15, 0.2) is 0 Å². The molecular weight excluding hydrogens is 300 g/mol. The molecule has 24 heavy (non-hydrogen) atoms. The van der Waals surface area contributed by atoms with Crippen LogP contribution in [-0.2, 0) is 9.53 Å². The van der Waals surface area contributed by atoms with E-state index in [-0.39, 0.29) is 11.3 Å². The summed E-state index contributed by atoms with van der Waals surface area (Å²) in [6.07, 6.45) is 12.8. The van der Waals surface area contributed by atoms with Crippen molar-refractivity contribution >= 4 is 5.91 Å². The molecule has 0 spiro atoms. The van der Waals surface area contributed by atoms with Crippen LogP contribution >= 0.6 is 0 Å². The average Bonchev–Trinajstić information content (AvgIpc) is 3.41. The summed E-state index contributed by atoms with van der Waals surface area (Å²) >= 11 is 0. The van der Waals surface area contributed by atoms with Gasteiger partial charge in [0.1, 0.15) is 5.76 Å². The Balaban J connectivity index is 1.51. The Kier molecular flexibility index (Phi) is 3.35. The molecule has 0 aromatic heterocycles. The highest BCUT2D eigenvalue weighted by Crippen LogP contribution is 2.59. The number of ether oxygens (including phenoxy) is 1. The largest absolute Gasteiger partial charge is 0.497 e. The molecule has 5 aliphatic rings. The maximum atomic E-state index is 12.3. The molecule has 3 aliphatic carbocycles. The third kappa shape index (κ3) is 2.18. The van der Waals surface area contributed by atoms with Gasteiger partial charge in [-0.2, -0.15) is 0 Å². The number of carbonyl (C=O) groups is 1. The molecule has 2 unspecified atom stereocenters. The first-order valence-corrected chi connectivity index (χ1v) is 9.64. The fourth-order valence-corrected chi connectivity index (χ4v) is 6.12. The molecule has 2 aliphatic heterocycles. The van der Waals surface area contributed by atoms with Crippen molar-refractivity contribution in [3.05, 3.63) is 24.0 Å². The fraction of sp³-hybridized carbons (Fsp3) is 0.750. The van der Waals surface area contributed by atoms with Crippen LogP contribution in [0.1, 0.15) is 32.1 Å². The fourth-order valence-electron chi connectivity index (χ4n) is 6.12. The molecule has 4 fully saturated rings. The van der Waals surface area contributed by atoms with E-state index >= 15 is 0 Å². The number of nitrogens with zero attached hydrogens (tertiary/aromatic N) is 1. The first-order chi connectivity index (χ1) is 11.7. The Bertz CT molecular complexity index is 609. The molecule has 1 N–H and O–H groups in total. The minimum absolute atomic E-state index is 0.143. The Hall–Kier alpha value is -1.29. The highest BCUT2D eigenvalue weighted by Gasteiger charge is 2.60. The number of hydrogen-bond acceptors (Lipinski definition) is 3. The number of methoxy groups -OCH3 is 1. The van der Waals surface area contributed by atoms with Crippen molar-refractivity contribution in [1.29, 1.82) is 0 Å². The van der Waals surface area contributed by atoms with Crippen molar-refractivity contribution < 1.29 is 9.53 Å². The van der Waals surface area contributed by atoms with E-state index in [9.17, 15) is 4.79 Å². The summed E-state index contributed by atoms with van der Waals surface area (Å²) in [4.78, 5) is 15.1. The summed E-state index contributed by atoms with van der Waals surface area (Å²) in [7, 11) is 1.75. The van der Waals surface area contributed by atoms with E-state index in [0.29, 0.717) is 30.2 Å². The standard InChI is InChI=1S/C20H28N2O2/c1-24-15-5-4-14-8-18-17-11-21-19(23)10-20(17,16(14)9-15)6-7-22(18)12-13-2-3-13/h4-5,9,13-14,16-18H,2-3,6-8,10-12H2,1H3,(H,21,23)/t14?,16?,17-,18+,20+/m0/s1. The number of allylic oxidation sites excluding steroid dienone is 3. The van der Waals surface area contributed by atoms with Crippen molar-refractivity contribution in [2.45, 2.75) is 38.1 Å². The van der Waals surface area contributed by atoms with Gasteiger partial charge in [-0.3, -0.25) is 9.69 Å². The van der Waals surface area contributed by atoms with E-state index in [1.807, 2.05) is 0 Å². The topological polar surface area (TPSA) is 41.6 Å². The highest BCUT2D eigenvalue weighted by molar-refractivity contribution is 5.78. The number of amides is 1. The molecule has 0 radical (unpaired) electrons. The minimum Gasteiger partial charge on any atom is -0.497 e. The summed E-state index contributed by atoms with van der Waals surface area (Å²) in [6, 6.07) is 0.642. The smallest absolute Gasteiger partial charge is 0.220 e. The SMILES string of the molecule is COC1=CC2C(C=C1)C[C@@H]1[C@@H]3CNC(=O)C[C@]23CCN1CC1CC1. The van der Waals surface area contributed by atoms with E-state index < -0.39 is 0 Å². The van der Waals surface area contributed by atoms with Crippen LogP contribution in [0.15, 0.2) is 24.0 Å². The molecule has 5 atom stereocenters. The molecular formula is C20H28N2O2. The maximum absolute atomic E-state index is 12.3. The highest BCUT2D eigenvalue weighted by atomic mass is 16.5. The zero-order chi connectivity index (χ0) is 16.3. The molecule has 4 nitrogen and oxygen atoms in total. The van der Waals surface area contributed by atoms with Crippen LogP contribution in [0.25, 0.3) is 0 Å². The summed E-state index contributed by atoms with van der Waals surface area (Å²) < 4.78 is 5.53. The van der Waals surface area contributed by atoms with Crippen LogP contribution in [0, 0.1) is 29.1 Å². The van der Waals surface area contributed by atoms with Gasteiger partial charge >= 0.3 is 0 Å². The Morgan fingerprint density at radius 2 is 2.29 bits per heavy atom. The molecule has 4 heteroatoms. The number of carbonyl (C=O) groups excluding carboxylic acids is 1. The second-order valence-corrected chi connectivity index (χ2v) is 8.63. The number of fused-ring (bicyclic) bond motifs is 1. The molecule has 5 rings (SSSR count). The van der Waals surface area contributed by atoms with Gasteiger partial charge in [0.05, 0.1) is 7.11 Å². The third-order valence-corrected chi connectivity index (χ3v) is 7.46. The molecule has 2 heterocycles. The van der Waals surface area contributed by atoms with Gasteiger partial charge in [0.2, 0.25) is 5.91 Å². The number of rotatable bonds is 3. The van der Waals surface area contributed by atoms with E-state index in [2.05, 4.69) is 28.4 Å². The third-order valence-electron chi connectivity index (χ3n) is 7.46. The van der Waals surface area contributed by atoms with Crippen molar-refractivity contribution in [1.82, 2.24) is 10.2 Å². The normalized spacial score (nSPS) is 44.2. The quantitative estimate of drug-likeness (QED) is 0.864.